The highest BCUT2D eigenvalue weighted by atomic mass is 32.1. The molecule has 0 spiro atoms. The Hall–Kier alpha value is -1.44. The summed E-state index contributed by atoms with van der Waals surface area (Å²) >= 11 is 0.785. The van der Waals surface area contributed by atoms with Gasteiger partial charge in [0, 0.05) is 6.42 Å². The third kappa shape index (κ3) is 1.94. The van der Waals surface area contributed by atoms with Gasteiger partial charge >= 0.3 is 6.18 Å². The number of rotatable bonds is 0. The van der Waals surface area contributed by atoms with Gasteiger partial charge in [-0.25, -0.2) is 8.78 Å². The van der Waals surface area contributed by atoms with Gasteiger partial charge in [0.25, 0.3) is 5.92 Å². The van der Waals surface area contributed by atoms with Crippen LogP contribution in [0.2, 0.25) is 0 Å². The summed E-state index contributed by atoms with van der Waals surface area (Å²) in [5.41, 5.74) is -0.661. The van der Waals surface area contributed by atoms with Crippen LogP contribution >= 0.6 is 11.3 Å². The molecule has 0 bridgehead atoms. The number of thiazole rings is 1. The molecule has 1 aliphatic heterocycles. The number of hydrogen-bond donors (Lipinski definition) is 1. The van der Waals surface area contributed by atoms with Crippen molar-refractivity contribution in [1.29, 1.82) is 5.41 Å². The van der Waals surface area contributed by atoms with Crippen LogP contribution in [0.3, 0.4) is 0 Å². The van der Waals surface area contributed by atoms with Crippen LogP contribution in [0.1, 0.15) is 11.1 Å². The number of aromatic nitrogens is 1. The number of halogens is 5. The van der Waals surface area contributed by atoms with Gasteiger partial charge in [0.15, 0.2) is 4.80 Å². The van der Waals surface area contributed by atoms with E-state index in [0.29, 0.717) is 5.52 Å². The second-order valence-electron chi connectivity index (χ2n) is 4.51. The van der Waals surface area contributed by atoms with Crippen molar-refractivity contribution < 1.29 is 22.0 Å². The minimum absolute atomic E-state index is 0.0455. The Kier molecular flexibility index (Phi) is 2.36. The first-order valence-corrected chi connectivity index (χ1v) is 6.15. The van der Waals surface area contributed by atoms with Crippen LogP contribution in [0.25, 0.3) is 10.2 Å². The Morgan fingerprint density at radius 1 is 1.26 bits per heavy atom. The van der Waals surface area contributed by atoms with E-state index in [2.05, 4.69) is 0 Å². The Balaban J connectivity index is 2.35. The predicted molar refractivity (Wildman–Crippen MR) is 59.3 cm³/mol. The lowest BCUT2D eigenvalue weighted by Gasteiger charge is -2.24. The average Bonchev–Trinajstić information content (AvgIpc) is 2.53. The lowest BCUT2D eigenvalue weighted by Crippen LogP contribution is -2.34. The van der Waals surface area contributed by atoms with Crippen molar-refractivity contribution in [3.63, 3.8) is 0 Å². The molecular formula is C11H7F5N2S. The quantitative estimate of drug-likeness (QED) is 0.722. The summed E-state index contributed by atoms with van der Waals surface area (Å²) in [5.74, 6) is -3.12. The van der Waals surface area contributed by atoms with E-state index in [9.17, 15) is 22.0 Å². The van der Waals surface area contributed by atoms with E-state index in [0.717, 1.165) is 28.0 Å². The molecule has 3 rings (SSSR count). The van der Waals surface area contributed by atoms with Crippen molar-refractivity contribution in [3.05, 3.63) is 28.1 Å². The lowest BCUT2D eigenvalue weighted by atomic mass is 9.99. The zero-order valence-electron chi connectivity index (χ0n) is 9.31. The summed E-state index contributed by atoms with van der Waals surface area (Å²) in [6.07, 6.45) is -5.29. The molecular weight excluding hydrogens is 287 g/mol. The van der Waals surface area contributed by atoms with Gasteiger partial charge in [-0.2, -0.15) is 13.2 Å². The highest BCUT2D eigenvalue weighted by Gasteiger charge is 2.39. The topological polar surface area (TPSA) is 28.8 Å². The Bertz CT molecular complexity index is 725. The molecule has 0 unspecified atom stereocenters. The van der Waals surface area contributed by atoms with Crippen molar-refractivity contribution >= 4 is 21.6 Å². The van der Waals surface area contributed by atoms with Crippen LogP contribution in [-0.4, -0.2) is 10.5 Å². The predicted octanol–water partition coefficient (Wildman–Crippen LogP) is 3.39. The van der Waals surface area contributed by atoms with Gasteiger partial charge in [-0.1, -0.05) is 11.3 Å². The van der Waals surface area contributed by atoms with Gasteiger partial charge in [0.1, 0.15) is 0 Å². The third-order valence-electron chi connectivity index (χ3n) is 3.04. The number of nitrogens with one attached hydrogen (secondary N) is 1. The zero-order chi connectivity index (χ0) is 14.0. The molecule has 8 heteroatoms. The van der Waals surface area contributed by atoms with E-state index in [1.165, 1.54) is 0 Å². The second kappa shape index (κ2) is 3.56. The maximum Gasteiger partial charge on any atom is 0.416 e. The first-order valence-electron chi connectivity index (χ1n) is 5.33. The lowest BCUT2D eigenvalue weighted by molar-refractivity contribution is -0.137. The van der Waals surface area contributed by atoms with Crippen LogP contribution < -0.4 is 4.80 Å². The standard InChI is InChI=1S/C11H7F5N2S/c12-10(13)3-5-1-6(11(14,15)16)2-7-8(5)18(4-10)9(17)19-7/h1-2,17H,3-4H2. The SMILES string of the molecule is N=c1sc2cc(C(F)(F)F)cc3c2n1CC(F)(F)C3. The summed E-state index contributed by atoms with van der Waals surface area (Å²) in [4.78, 5) is -0.157. The molecule has 0 saturated carbocycles. The fourth-order valence-corrected chi connectivity index (χ4v) is 3.32. The summed E-state index contributed by atoms with van der Waals surface area (Å²) in [7, 11) is 0. The fourth-order valence-electron chi connectivity index (χ4n) is 2.33. The molecule has 1 aromatic carbocycles. The van der Waals surface area contributed by atoms with E-state index >= 15 is 0 Å². The van der Waals surface area contributed by atoms with Crippen LogP contribution in [0.4, 0.5) is 22.0 Å². The molecule has 0 atom stereocenters. The van der Waals surface area contributed by atoms with E-state index in [-0.39, 0.29) is 15.1 Å². The van der Waals surface area contributed by atoms with Crippen LogP contribution in [0, 0.1) is 5.41 Å². The molecule has 0 amide bonds. The van der Waals surface area contributed by atoms with E-state index < -0.39 is 30.6 Å². The molecule has 2 aromatic rings. The minimum atomic E-state index is -4.57. The highest BCUT2D eigenvalue weighted by Crippen LogP contribution is 2.38. The largest absolute Gasteiger partial charge is 0.416 e. The summed E-state index contributed by atoms with van der Waals surface area (Å²) in [5, 5.41) is 7.60. The molecule has 102 valence electrons. The molecule has 1 aromatic heterocycles. The van der Waals surface area contributed by atoms with Gasteiger partial charge in [0.05, 0.1) is 22.3 Å². The van der Waals surface area contributed by atoms with Crippen molar-refractivity contribution in [2.24, 2.45) is 0 Å². The smallest absolute Gasteiger partial charge is 0.311 e. The molecule has 0 saturated heterocycles. The molecule has 1 N–H and O–H groups in total. The summed E-state index contributed by atoms with van der Waals surface area (Å²) < 4.78 is 66.5. The maximum absolute atomic E-state index is 13.5. The van der Waals surface area contributed by atoms with Gasteiger partial charge < -0.3 is 4.57 Å². The van der Waals surface area contributed by atoms with Crippen molar-refractivity contribution in [2.75, 3.05) is 0 Å². The third-order valence-corrected chi connectivity index (χ3v) is 3.99. The number of alkyl halides is 5. The van der Waals surface area contributed by atoms with Gasteiger partial charge in [-0.05, 0) is 17.7 Å². The molecule has 1 aliphatic rings. The summed E-state index contributed by atoms with van der Waals surface area (Å²) in [6, 6.07) is 1.68. The van der Waals surface area contributed by atoms with Gasteiger partial charge in [-0.3, -0.25) is 5.41 Å². The monoisotopic (exact) mass is 294 g/mol. The second-order valence-corrected chi connectivity index (χ2v) is 5.54. The highest BCUT2D eigenvalue weighted by molar-refractivity contribution is 7.16. The molecule has 0 fully saturated rings. The maximum atomic E-state index is 13.5. The van der Waals surface area contributed by atoms with E-state index in [1.807, 2.05) is 0 Å². The van der Waals surface area contributed by atoms with E-state index in [1.54, 1.807) is 0 Å². The van der Waals surface area contributed by atoms with Crippen molar-refractivity contribution in [3.8, 4) is 0 Å². The van der Waals surface area contributed by atoms with Crippen LogP contribution in [-0.2, 0) is 19.1 Å². The first-order chi connectivity index (χ1) is 8.67. The van der Waals surface area contributed by atoms with Gasteiger partial charge in [-0.15, -0.1) is 0 Å². The minimum Gasteiger partial charge on any atom is -0.311 e. The Labute approximate surface area is 107 Å². The summed E-state index contributed by atoms with van der Waals surface area (Å²) in [6.45, 7) is -0.649. The molecule has 19 heavy (non-hydrogen) atoms. The average molecular weight is 294 g/mol. The Morgan fingerprint density at radius 2 is 1.95 bits per heavy atom. The fraction of sp³-hybridized carbons (Fsp3) is 0.364. The number of nitrogens with zero attached hydrogens (tertiary/aromatic N) is 1. The first kappa shape index (κ1) is 12.6. The normalized spacial score (nSPS) is 17.9. The number of benzene rings is 1. The Morgan fingerprint density at radius 3 is 2.58 bits per heavy atom. The molecule has 2 nitrogen and oxygen atoms in total. The van der Waals surface area contributed by atoms with Crippen LogP contribution in [0.15, 0.2) is 12.1 Å². The van der Waals surface area contributed by atoms with Crippen molar-refractivity contribution in [2.45, 2.75) is 25.1 Å². The molecule has 0 aliphatic carbocycles. The van der Waals surface area contributed by atoms with E-state index in [4.69, 9.17) is 5.41 Å². The number of hydrogen-bond acceptors (Lipinski definition) is 2. The molecule has 2 heterocycles. The zero-order valence-corrected chi connectivity index (χ0v) is 10.1. The van der Waals surface area contributed by atoms with Crippen LogP contribution in [0.5, 0.6) is 0 Å². The van der Waals surface area contributed by atoms with Gasteiger partial charge in [0.2, 0.25) is 0 Å². The van der Waals surface area contributed by atoms with Crippen molar-refractivity contribution in [1.82, 2.24) is 4.57 Å². The molecule has 0 radical (unpaired) electrons.